The van der Waals surface area contributed by atoms with Gasteiger partial charge < -0.3 is 24.5 Å². The van der Waals surface area contributed by atoms with Gasteiger partial charge in [0.1, 0.15) is 12.2 Å². The fraction of sp³-hybridized carbons (Fsp3) is 0.417. The number of fused-ring (bicyclic) bond motifs is 1. The summed E-state index contributed by atoms with van der Waals surface area (Å²) >= 11 is 1.27. The summed E-state index contributed by atoms with van der Waals surface area (Å²) in [6.07, 6.45) is 2.05. The summed E-state index contributed by atoms with van der Waals surface area (Å²) in [5.74, 6) is 0.855. The number of aliphatic hydroxyl groups is 3. The Balaban J connectivity index is 1.83. The van der Waals surface area contributed by atoms with E-state index in [-0.39, 0.29) is 0 Å². The van der Waals surface area contributed by atoms with Crippen molar-refractivity contribution in [1.82, 2.24) is 9.38 Å². The number of nitrogens with zero attached hydrogens (tertiary/aromatic N) is 2. The lowest BCUT2D eigenvalue weighted by atomic mass is 10.1. The van der Waals surface area contributed by atoms with Crippen molar-refractivity contribution in [3.05, 3.63) is 30.7 Å². The van der Waals surface area contributed by atoms with Crippen LogP contribution >= 0.6 is 11.8 Å². The molecule has 3 heterocycles. The molecule has 0 aliphatic carbocycles. The maximum atomic E-state index is 9.91. The maximum absolute atomic E-state index is 9.91. The summed E-state index contributed by atoms with van der Waals surface area (Å²) < 4.78 is 7.52. The molecule has 1 fully saturated rings. The minimum absolute atomic E-state index is 0.320. The van der Waals surface area contributed by atoms with Gasteiger partial charge in [0.05, 0.1) is 6.10 Å². The highest BCUT2D eigenvalue weighted by Gasteiger charge is 2.38. The Labute approximate surface area is 113 Å². The molecule has 6 nitrogen and oxygen atoms in total. The zero-order valence-electron chi connectivity index (χ0n) is 9.96. The van der Waals surface area contributed by atoms with Crippen LogP contribution in [0.2, 0.25) is 0 Å². The van der Waals surface area contributed by atoms with Crippen LogP contribution in [-0.2, 0) is 0 Å². The van der Waals surface area contributed by atoms with E-state index in [0.29, 0.717) is 17.1 Å². The van der Waals surface area contributed by atoms with Gasteiger partial charge in [-0.2, -0.15) is 0 Å². The van der Waals surface area contributed by atoms with E-state index in [1.54, 1.807) is 22.9 Å². The third-order valence-corrected chi connectivity index (χ3v) is 4.32. The van der Waals surface area contributed by atoms with E-state index in [1.807, 2.05) is 12.3 Å². The summed E-state index contributed by atoms with van der Waals surface area (Å²) in [4.78, 5) is 4.18. The molecule has 2 aromatic rings. The van der Waals surface area contributed by atoms with E-state index in [2.05, 4.69) is 4.98 Å². The van der Waals surface area contributed by atoms with Crippen molar-refractivity contribution < 1.29 is 20.1 Å². The van der Waals surface area contributed by atoms with Crippen molar-refractivity contribution in [3.63, 3.8) is 0 Å². The summed E-state index contributed by atoms with van der Waals surface area (Å²) in [6.45, 7) is 0. The van der Waals surface area contributed by atoms with Crippen LogP contribution < -0.4 is 4.74 Å². The second-order valence-electron chi connectivity index (χ2n) is 4.40. The number of rotatable bonds is 2. The van der Waals surface area contributed by atoms with Crippen molar-refractivity contribution >= 4 is 17.4 Å². The van der Waals surface area contributed by atoms with Gasteiger partial charge in [-0.3, -0.25) is 0 Å². The Bertz CT molecular complexity index is 576. The number of hydrogen-bond acceptors (Lipinski definition) is 6. The van der Waals surface area contributed by atoms with E-state index >= 15 is 0 Å². The first-order chi connectivity index (χ1) is 9.16. The first-order valence-electron chi connectivity index (χ1n) is 5.91. The standard InChI is InChI=1S/C12H14N2O4S/c15-7-6-19-12(10(17)9(7)16)18-8-2-1-4-14-5-3-13-11(8)14/h1-5,7,9-10,12,15-17H,6H2/t7-,9+,10-,12-/m1/s1. The average molecular weight is 282 g/mol. The van der Waals surface area contributed by atoms with Crippen LogP contribution in [0.5, 0.6) is 5.75 Å². The Morgan fingerprint density at radius 1 is 1.26 bits per heavy atom. The van der Waals surface area contributed by atoms with Crippen LogP contribution in [0, 0.1) is 0 Å². The van der Waals surface area contributed by atoms with Crippen molar-refractivity contribution in [3.8, 4) is 5.75 Å². The highest BCUT2D eigenvalue weighted by Crippen LogP contribution is 2.30. The van der Waals surface area contributed by atoms with E-state index in [0.717, 1.165) is 0 Å². The molecule has 1 aliphatic heterocycles. The molecular weight excluding hydrogens is 268 g/mol. The molecule has 0 amide bonds. The predicted octanol–water partition coefficient (Wildman–Crippen LogP) is -0.131. The van der Waals surface area contributed by atoms with Gasteiger partial charge in [-0.05, 0) is 12.1 Å². The Morgan fingerprint density at radius 2 is 2.11 bits per heavy atom. The minimum Gasteiger partial charge on any atom is -0.473 e. The lowest BCUT2D eigenvalue weighted by molar-refractivity contribution is -0.0784. The zero-order chi connectivity index (χ0) is 13.4. The number of ether oxygens (including phenoxy) is 1. The van der Waals surface area contributed by atoms with Crippen LogP contribution in [-0.4, -0.2) is 54.2 Å². The number of imidazole rings is 1. The summed E-state index contributed by atoms with van der Waals surface area (Å²) in [5.41, 5.74) is 0.0252. The molecule has 0 aromatic carbocycles. The van der Waals surface area contributed by atoms with Gasteiger partial charge in [0.25, 0.3) is 0 Å². The van der Waals surface area contributed by atoms with Gasteiger partial charge in [-0.25, -0.2) is 4.98 Å². The normalized spacial score (nSPS) is 31.5. The highest BCUT2D eigenvalue weighted by atomic mass is 32.2. The van der Waals surface area contributed by atoms with Crippen molar-refractivity contribution in [1.29, 1.82) is 0 Å². The van der Waals surface area contributed by atoms with Gasteiger partial charge in [0.15, 0.2) is 16.8 Å². The number of thioether (sulfide) groups is 1. The second kappa shape index (κ2) is 5.01. The first kappa shape index (κ1) is 12.7. The third-order valence-electron chi connectivity index (χ3n) is 3.08. The molecular formula is C12H14N2O4S. The van der Waals surface area contributed by atoms with Crippen LogP contribution in [0.15, 0.2) is 30.7 Å². The van der Waals surface area contributed by atoms with Crippen LogP contribution in [0.4, 0.5) is 0 Å². The molecule has 0 spiro atoms. The Morgan fingerprint density at radius 3 is 2.95 bits per heavy atom. The van der Waals surface area contributed by atoms with Crippen molar-refractivity contribution in [2.45, 2.75) is 23.7 Å². The summed E-state index contributed by atoms with van der Waals surface area (Å²) in [5, 5.41) is 29.0. The summed E-state index contributed by atoms with van der Waals surface area (Å²) in [7, 11) is 0. The minimum atomic E-state index is -1.19. The highest BCUT2D eigenvalue weighted by molar-refractivity contribution is 7.99. The van der Waals surface area contributed by atoms with E-state index in [4.69, 9.17) is 4.74 Å². The molecule has 1 saturated heterocycles. The smallest absolute Gasteiger partial charge is 0.179 e. The molecule has 3 N–H and O–H groups in total. The number of hydrogen-bond donors (Lipinski definition) is 3. The Hall–Kier alpha value is -1.28. The second-order valence-corrected chi connectivity index (χ2v) is 5.53. The molecule has 0 unspecified atom stereocenters. The monoisotopic (exact) mass is 282 g/mol. The van der Waals surface area contributed by atoms with E-state index < -0.39 is 23.7 Å². The third kappa shape index (κ3) is 2.30. The van der Waals surface area contributed by atoms with Gasteiger partial charge >= 0.3 is 0 Å². The molecule has 0 bridgehead atoms. The molecule has 19 heavy (non-hydrogen) atoms. The van der Waals surface area contributed by atoms with Gasteiger partial charge in [0.2, 0.25) is 0 Å². The maximum Gasteiger partial charge on any atom is 0.179 e. The quantitative estimate of drug-likeness (QED) is 0.711. The average Bonchev–Trinajstić information content (AvgIpc) is 2.89. The van der Waals surface area contributed by atoms with Gasteiger partial charge in [0, 0.05) is 24.3 Å². The van der Waals surface area contributed by atoms with E-state index in [1.165, 1.54) is 11.8 Å². The SMILES string of the molecule is O[C@@H]1[C@@H](O)[C@H](Oc2cccn3ccnc23)SC[C@H]1O. The lowest BCUT2D eigenvalue weighted by Gasteiger charge is -2.34. The zero-order valence-corrected chi connectivity index (χ0v) is 10.8. The molecule has 3 rings (SSSR count). The van der Waals surface area contributed by atoms with Gasteiger partial charge in [-0.1, -0.05) is 0 Å². The molecule has 0 saturated carbocycles. The molecule has 4 atom stereocenters. The number of pyridine rings is 1. The first-order valence-corrected chi connectivity index (χ1v) is 6.96. The van der Waals surface area contributed by atoms with Crippen LogP contribution in [0.25, 0.3) is 5.65 Å². The lowest BCUT2D eigenvalue weighted by Crippen LogP contribution is -2.50. The predicted molar refractivity (Wildman–Crippen MR) is 70.1 cm³/mol. The molecule has 7 heteroatoms. The van der Waals surface area contributed by atoms with E-state index in [9.17, 15) is 15.3 Å². The van der Waals surface area contributed by atoms with Gasteiger partial charge in [-0.15, -0.1) is 11.8 Å². The number of aliphatic hydroxyl groups excluding tert-OH is 3. The molecule has 2 aromatic heterocycles. The van der Waals surface area contributed by atoms with Crippen LogP contribution in [0.1, 0.15) is 0 Å². The topological polar surface area (TPSA) is 87.2 Å². The molecule has 1 aliphatic rings. The summed E-state index contributed by atoms with van der Waals surface area (Å²) in [6, 6.07) is 3.57. The van der Waals surface area contributed by atoms with Crippen molar-refractivity contribution in [2.75, 3.05) is 5.75 Å². The fourth-order valence-corrected chi connectivity index (χ4v) is 3.14. The largest absolute Gasteiger partial charge is 0.473 e. The Kier molecular flexibility index (Phi) is 3.36. The molecule has 0 radical (unpaired) electrons. The van der Waals surface area contributed by atoms with Crippen molar-refractivity contribution in [2.24, 2.45) is 0 Å². The fourth-order valence-electron chi connectivity index (χ4n) is 2.02. The van der Waals surface area contributed by atoms with Crippen LogP contribution in [0.3, 0.4) is 0 Å². The molecule has 102 valence electrons. The number of aromatic nitrogens is 2.